The summed E-state index contributed by atoms with van der Waals surface area (Å²) in [5, 5.41) is 0. The first-order valence-electron chi connectivity index (χ1n) is 7.74. The molecule has 4 heterocycles. The highest BCUT2D eigenvalue weighted by Gasteiger charge is 2.28. The Morgan fingerprint density at radius 2 is 2.04 bits per heavy atom. The summed E-state index contributed by atoms with van der Waals surface area (Å²) in [4.78, 5) is 17.9. The fourth-order valence-electron chi connectivity index (χ4n) is 3.03. The zero-order valence-corrected chi connectivity index (χ0v) is 12.8. The van der Waals surface area contributed by atoms with Crippen molar-refractivity contribution in [3.05, 3.63) is 30.1 Å². The van der Waals surface area contributed by atoms with Crippen LogP contribution in [-0.2, 0) is 11.2 Å². The largest absolute Gasteiger partial charge is 0.378 e. The summed E-state index contributed by atoms with van der Waals surface area (Å²) in [6, 6.07) is 3.97. The van der Waals surface area contributed by atoms with Gasteiger partial charge in [-0.2, -0.15) is 9.97 Å². The van der Waals surface area contributed by atoms with Crippen LogP contribution in [0.4, 0.5) is 23.3 Å². The topological polar surface area (TPSA) is 92.4 Å². The Balaban J connectivity index is 1.75. The lowest BCUT2D eigenvalue weighted by atomic mass is 10.2. The van der Waals surface area contributed by atoms with Gasteiger partial charge in [-0.1, -0.05) is 0 Å². The Hall–Kier alpha value is -2.45. The Morgan fingerprint density at radius 1 is 1.17 bits per heavy atom. The van der Waals surface area contributed by atoms with E-state index in [1.807, 2.05) is 18.3 Å². The number of pyridine rings is 1. The molecule has 0 radical (unpaired) electrons. The molecule has 0 bridgehead atoms. The van der Waals surface area contributed by atoms with Crippen LogP contribution in [0, 0.1) is 0 Å². The van der Waals surface area contributed by atoms with Crippen molar-refractivity contribution in [3.8, 4) is 0 Å². The lowest BCUT2D eigenvalue weighted by Gasteiger charge is -2.28. The second-order valence-corrected chi connectivity index (χ2v) is 5.53. The van der Waals surface area contributed by atoms with Crippen molar-refractivity contribution in [2.45, 2.75) is 6.42 Å². The Kier molecular flexibility index (Phi) is 3.68. The van der Waals surface area contributed by atoms with E-state index in [4.69, 9.17) is 15.6 Å². The van der Waals surface area contributed by atoms with E-state index in [1.165, 1.54) is 0 Å². The molecule has 4 rings (SSSR count). The molecule has 120 valence electrons. The van der Waals surface area contributed by atoms with E-state index >= 15 is 0 Å². The number of nitrogens with two attached hydrogens (primary N) is 1. The van der Waals surface area contributed by atoms with Crippen molar-refractivity contribution in [3.63, 3.8) is 0 Å². The maximum Gasteiger partial charge on any atom is 0.229 e. The van der Waals surface area contributed by atoms with E-state index in [0.29, 0.717) is 25.0 Å². The number of nitrogens with zero attached hydrogens (tertiary/aromatic N) is 5. The van der Waals surface area contributed by atoms with Gasteiger partial charge in [0, 0.05) is 31.4 Å². The standard InChI is InChI=1S/C15H19N7O/c16-20-13-12-3-5-22(11-2-1-4-17-10-11)14(12)19-15(18-13)21-6-8-23-9-7-21/h1-2,4,10H,3,5-9,16H2,(H,18,19,20). The van der Waals surface area contributed by atoms with Gasteiger partial charge in [0.2, 0.25) is 5.95 Å². The van der Waals surface area contributed by atoms with Gasteiger partial charge in [-0.3, -0.25) is 4.98 Å². The normalized spacial score (nSPS) is 17.3. The third-order valence-electron chi connectivity index (χ3n) is 4.20. The molecule has 2 aromatic heterocycles. The number of fused-ring (bicyclic) bond motifs is 1. The number of ether oxygens (including phenoxy) is 1. The summed E-state index contributed by atoms with van der Waals surface area (Å²) >= 11 is 0. The molecule has 0 saturated carbocycles. The number of nitrogens with one attached hydrogen (secondary N) is 1. The maximum absolute atomic E-state index is 5.69. The highest BCUT2D eigenvalue weighted by atomic mass is 16.5. The number of rotatable bonds is 3. The van der Waals surface area contributed by atoms with Crippen LogP contribution >= 0.6 is 0 Å². The number of nitrogen functional groups attached to an aromatic ring is 1. The molecule has 0 spiro atoms. The van der Waals surface area contributed by atoms with Crippen molar-refractivity contribution in [1.82, 2.24) is 15.0 Å². The van der Waals surface area contributed by atoms with Gasteiger partial charge < -0.3 is 20.0 Å². The van der Waals surface area contributed by atoms with Crippen molar-refractivity contribution in [2.75, 3.05) is 48.1 Å². The molecule has 8 heteroatoms. The van der Waals surface area contributed by atoms with E-state index in [0.717, 1.165) is 43.1 Å². The van der Waals surface area contributed by atoms with E-state index in [-0.39, 0.29) is 0 Å². The van der Waals surface area contributed by atoms with Gasteiger partial charge in [0.05, 0.1) is 25.1 Å². The van der Waals surface area contributed by atoms with Crippen LogP contribution < -0.4 is 21.1 Å². The molecule has 0 amide bonds. The van der Waals surface area contributed by atoms with Crippen LogP contribution in [0.25, 0.3) is 0 Å². The third kappa shape index (κ3) is 2.55. The molecular formula is C15H19N7O. The summed E-state index contributed by atoms with van der Waals surface area (Å²) in [5.41, 5.74) is 4.81. The van der Waals surface area contributed by atoms with Crippen molar-refractivity contribution in [1.29, 1.82) is 0 Å². The van der Waals surface area contributed by atoms with Gasteiger partial charge in [-0.15, -0.1) is 0 Å². The quantitative estimate of drug-likeness (QED) is 0.631. The first kappa shape index (κ1) is 14.2. The average Bonchev–Trinajstić information content (AvgIpc) is 3.06. The highest BCUT2D eigenvalue weighted by Crippen LogP contribution is 2.37. The summed E-state index contributed by atoms with van der Waals surface area (Å²) in [6.45, 7) is 3.80. The molecule has 0 aliphatic carbocycles. The summed E-state index contributed by atoms with van der Waals surface area (Å²) in [6.07, 6.45) is 4.47. The van der Waals surface area contributed by atoms with E-state index in [1.54, 1.807) is 6.20 Å². The minimum absolute atomic E-state index is 0.691. The van der Waals surface area contributed by atoms with Crippen molar-refractivity contribution >= 4 is 23.3 Å². The number of hydrogen-bond donors (Lipinski definition) is 2. The monoisotopic (exact) mass is 313 g/mol. The van der Waals surface area contributed by atoms with Crippen molar-refractivity contribution < 1.29 is 4.74 Å². The number of morpholine rings is 1. The number of anilines is 4. The molecule has 0 unspecified atom stereocenters. The van der Waals surface area contributed by atoms with E-state index in [2.05, 4.69) is 25.2 Å². The minimum Gasteiger partial charge on any atom is -0.378 e. The van der Waals surface area contributed by atoms with Gasteiger partial charge in [0.25, 0.3) is 0 Å². The lowest BCUT2D eigenvalue weighted by Crippen LogP contribution is -2.37. The fourth-order valence-corrected chi connectivity index (χ4v) is 3.03. The summed E-state index contributed by atoms with van der Waals surface area (Å²) < 4.78 is 5.40. The first-order valence-corrected chi connectivity index (χ1v) is 7.74. The van der Waals surface area contributed by atoms with Crippen LogP contribution in [0.2, 0.25) is 0 Å². The summed E-state index contributed by atoms with van der Waals surface area (Å²) in [5.74, 6) is 7.98. The molecular weight excluding hydrogens is 294 g/mol. The van der Waals surface area contributed by atoms with Crippen LogP contribution in [0.1, 0.15) is 5.56 Å². The molecule has 2 aromatic rings. The van der Waals surface area contributed by atoms with Crippen LogP contribution in [-0.4, -0.2) is 47.8 Å². The van der Waals surface area contributed by atoms with Gasteiger partial charge in [0.1, 0.15) is 5.82 Å². The first-order chi connectivity index (χ1) is 11.4. The molecule has 1 fully saturated rings. The van der Waals surface area contributed by atoms with E-state index < -0.39 is 0 Å². The van der Waals surface area contributed by atoms with Crippen molar-refractivity contribution in [2.24, 2.45) is 5.84 Å². The van der Waals surface area contributed by atoms with Gasteiger partial charge in [0.15, 0.2) is 5.82 Å². The Labute approximate surface area is 134 Å². The fraction of sp³-hybridized carbons (Fsp3) is 0.400. The minimum atomic E-state index is 0.691. The second-order valence-electron chi connectivity index (χ2n) is 5.53. The molecule has 0 aromatic carbocycles. The number of hydrazine groups is 1. The Bertz CT molecular complexity index is 688. The molecule has 1 saturated heterocycles. The predicted octanol–water partition coefficient (Wildman–Crippen LogP) is 0.688. The van der Waals surface area contributed by atoms with Crippen LogP contribution in [0.3, 0.4) is 0 Å². The van der Waals surface area contributed by atoms with Gasteiger partial charge >= 0.3 is 0 Å². The zero-order chi connectivity index (χ0) is 15.6. The molecule has 2 aliphatic heterocycles. The second kappa shape index (κ2) is 5.98. The smallest absolute Gasteiger partial charge is 0.229 e. The average molecular weight is 313 g/mol. The van der Waals surface area contributed by atoms with Gasteiger partial charge in [-0.25, -0.2) is 5.84 Å². The third-order valence-corrected chi connectivity index (χ3v) is 4.20. The van der Waals surface area contributed by atoms with Crippen LogP contribution in [0.15, 0.2) is 24.5 Å². The molecule has 0 atom stereocenters. The zero-order valence-electron chi connectivity index (χ0n) is 12.8. The summed E-state index contributed by atoms with van der Waals surface area (Å²) in [7, 11) is 0. The molecule has 2 aliphatic rings. The number of hydrogen-bond acceptors (Lipinski definition) is 8. The maximum atomic E-state index is 5.69. The lowest BCUT2D eigenvalue weighted by molar-refractivity contribution is 0.122. The van der Waals surface area contributed by atoms with Gasteiger partial charge in [-0.05, 0) is 18.6 Å². The molecule has 23 heavy (non-hydrogen) atoms. The van der Waals surface area contributed by atoms with Crippen LogP contribution in [0.5, 0.6) is 0 Å². The predicted molar refractivity (Wildman–Crippen MR) is 87.8 cm³/mol. The number of aromatic nitrogens is 3. The van der Waals surface area contributed by atoms with E-state index in [9.17, 15) is 0 Å². The Morgan fingerprint density at radius 3 is 2.78 bits per heavy atom. The SMILES string of the molecule is NNc1nc(N2CCOCC2)nc2c1CCN2c1cccnc1. The molecule has 8 nitrogen and oxygen atoms in total. The highest BCUT2D eigenvalue weighted by molar-refractivity contribution is 5.72. The molecule has 3 N–H and O–H groups in total.